The van der Waals surface area contributed by atoms with Crippen molar-refractivity contribution in [1.82, 2.24) is 0 Å². The van der Waals surface area contributed by atoms with Crippen molar-refractivity contribution >= 4 is 34.7 Å². The summed E-state index contributed by atoms with van der Waals surface area (Å²) in [6.07, 6.45) is 0. The van der Waals surface area contributed by atoms with E-state index in [2.05, 4.69) is 20.4 Å². The number of halogens is 1. The largest absolute Gasteiger partial charge is 0.464 e. The number of methoxy groups -OCH3 is 1. The summed E-state index contributed by atoms with van der Waals surface area (Å²) < 4.78 is 4.76. The fourth-order valence-corrected chi connectivity index (χ4v) is 2.63. The van der Waals surface area contributed by atoms with Crippen molar-refractivity contribution in [3.05, 3.63) is 81.8 Å². The number of hydrogen-bond acceptors (Lipinski definition) is 7. The normalized spacial score (nSPS) is 12.2. The van der Waals surface area contributed by atoms with Gasteiger partial charge in [0.05, 0.1) is 12.2 Å². The van der Waals surface area contributed by atoms with Gasteiger partial charge in [0.1, 0.15) is 19.4 Å². The van der Waals surface area contributed by atoms with Crippen molar-refractivity contribution in [2.45, 2.75) is 13.5 Å². The Morgan fingerprint density at radius 1 is 1.07 bits per heavy atom. The molecule has 0 fully saturated rings. The van der Waals surface area contributed by atoms with Crippen molar-refractivity contribution in [3.8, 4) is 0 Å². The Morgan fingerprint density at radius 3 is 2.40 bits per heavy atom. The Bertz CT molecular complexity index is 1020. The minimum absolute atomic E-state index is 0.0105. The van der Waals surface area contributed by atoms with Crippen LogP contribution in [-0.2, 0) is 25.8 Å². The zero-order valence-electron chi connectivity index (χ0n) is 16.6. The van der Waals surface area contributed by atoms with Gasteiger partial charge >= 0.3 is 5.97 Å². The molecule has 0 saturated carbocycles. The Hall–Kier alpha value is -3.70. The predicted octanol–water partition coefficient (Wildman–Crippen LogP) is 4.08. The molecule has 0 atom stereocenters. The minimum Gasteiger partial charge on any atom is -0.464 e. The number of rotatable bonds is 8. The number of nitrogens with zero attached hydrogens (tertiary/aromatic N) is 4. The van der Waals surface area contributed by atoms with Crippen LogP contribution in [0.2, 0.25) is 5.02 Å². The van der Waals surface area contributed by atoms with Gasteiger partial charge in [-0.05, 0) is 19.1 Å². The highest BCUT2D eigenvalue weighted by atomic mass is 35.5. The topological polar surface area (TPSA) is 86.2 Å². The van der Waals surface area contributed by atoms with E-state index >= 15 is 0 Å². The molecule has 0 saturated heterocycles. The van der Waals surface area contributed by atoms with E-state index in [0.29, 0.717) is 33.1 Å². The Balaban J connectivity index is 2.25. The number of esters is 1. The van der Waals surface area contributed by atoms with E-state index < -0.39 is 5.97 Å². The first-order chi connectivity index (χ1) is 14.5. The molecule has 2 aromatic rings. The third-order valence-corrected chi connectivity index (χ3v) is 4.12. The van der Waals surface area contributed by atoms with Crippen LogP contribution in [0.1, 0.15) is 23.6 Å². The second-order valence-electron chi connectivity index (χ2n) is 5.78. The van der Waals surface area contributed by atoms with Gasteiger partial charge in [-0.25, -0.2) is 4.79 Å². The van der Waals surface area contributed by atoms with E-state index in [1.165, 1.54) is 14.2 Å². The summed E-state index contributed by atoms with van der Waals surface area (Å²) in [4.78, 5) is 25.3. The van der Waals surface area contributed by atoms with Crippen LogP contribution in [0.3, 0.4) is 0 Å². The van der Waals surface area contributed by atoms with Gasteiger partial charge in [0.15, 0.2) is 11.4 Å². The highest BCUT2D eigenvalue weighted by Crippen LogP contribution is 2.15. The van der Waals surface area contributed by atoms with Gasteiger partial charge in [-0.2, -0.15) is 6.57 Å². The number of benzene rings is 2. The van der Waals surface area contributed by atoms with E-state index in [-0.39, 0.29) is 12.3 Å². The van der Waals surface area contributed by atoms with Crippen molar-refractivity contribution in [3.63, 3.8) is 0 Å². The maximum absolute atomic E-state index is 12.0. The number of carbonyl (C=O) groups is 1. The van der Waals surface area contributed by atoms with Crippen LogP contribution in [-0.4, -0.2) is 37.3 Å². The van der Waals surface area contributed by atoms with Crippen LogP contribution in [0.4, 0.5) is 0 Å². The number of oxime groups is 2. The van der Waals surface area contributed by atoms with Gasteiger partial charge in [-0.15, -0.1) is 4.95 Å². The zero-order chi connectivity index (χ0) is 21.9. The average Bonchev–Trinajstić information content (AvgIpc) is 2.76. The molecule has 0 amide bonds. The SMILES string of the molecule is [C-]#[N+]N=C(C(C)=NOCc1ccccc1C(=NOC)C(=O)OC)c1ccc(Cl)cc1. The number of ether oxygens (including phenoxy) is 1. The molecule has 0 bridgehead atoms. The lowest BCUT2D eigenvalue weighted by atomic mass is 10.0. The molecule has 30 heavy (non-hydrogen) atoms. The molecular formula is C21H19ClN4O4. The molecule has 0 aliphatic carbocycles. The Labute approximate surface area is 179 Å². The molecule has 0 unspecified atom stereocenters. The summed E-state index contributed by atoms with van der Waals surface area (Å²) in [6.45, 7) is 8.77. The summed E-state index contributed by atoms with van der Waals surface area (Å²) in [6, 6.07) is 13.9. The molecule has 0 aromatic heterocycles. The first-order valence-electron chi connectivity index (χ1n) is 8.66. The van der Waals surface area contributed by atoms with Crippen LogP contribution in [0.5, 0.6) is 0 Å². The monoisotopic (exact) mass is 426 g/mol. The van der Waals surface area contributed by atoms with Crippen molar-refractivity contribution in [2.24, 2.45) is 15.4 Å². The fourth-order valence-electron chi connectivity index (χ4n) is 2.50. The zero-order valence-corrected chi connectivity index (χ0v) is 17.4. The van der Waals surface area contributed by atoms with Gasteiger partial charge in [0.25, 0.3) is 0 Å². The Morgan fingerprint density at radius 2 is 1.77 bits per heavy atom. The highest BCUT2D eigenvalue weighted by Gasteiger charge is 2.19. The quantitative estimate of drug-likeness (QED) is 0.275. The predicted molar refractivity (Wildman–Crippen MR) is 114 cm³/mol. The third-order valence-electron chi connectivity index (χ3n) is 3.87. The lowest BCUT2D eigenvalue weighted by molar-refractivity contribution is -0.132. The van der Waals surface area contributed by atoms with E-state index in [1.54, 1.807) is 55.5 Å². The summed E-state index contributed by atoms with van der Waals surface area (Å²) in [7, 11) is 2.60. The van der Waals surface area contributed by atoms with Crippen LogP contribution in [0, 0.1) is 6.57 Å². The second kappa shape index (κ2) is 11.3. The highest BCUT2D eigenvalue weighted by molar-refractivity contribution is 6.47. The molecule has 0 heterocycles. The standard InChI is InChI=1S/C21H19ClN4O4/c1-14(19(24-23-2)15-9-11-17(22)12-10-15)25-30-13-16-7-5-6-8-18(16)20(26-29-4)21(27)28-3/h5-12H,13H2,1,3-4H3. The summed E-state index contributed by atoms with van der Waals surface area (Å²) in [5, 5.41) is 12.2. The van der Waals surface area contributed by atoms with E-state index in [0.717, 1.165) is 0 Å². The molecule has 0 aliphatic rings. The van der Waals surface area contributed by atoms with E-state index in [4.69, 9.17) is 32.6 Å². The van der Waals surface area contributed by atoms with Crippen molar-refractivity contribution < 1.29 is 19.2 Å². The maximum atomic E-state index is 12.0. The molecule has 0 N–H and O–H groups in total. The molecule has 2 aromatic carbocycles. The molecule has 0 radical (unpaired) electrons. The van der Waals surface area contributed by atoms with Crippen LogP contribution >= 0.6 is 11.6 Å². The summed E-state index contributed by atoms with van der Waals surface area (Å²) >= 11 is 5.91. The third kappa shape index (κ3) is 5.90. The molecule has 8 nitrogen and oxygen atoms in total. The van der Waals surface area contributed by atoms with Crippen LogP contribution in [0.25, 0.3) is 4.95 Å². The first kappa shape index (κ1) is 22.6. The molecule has 2 rings (SSSR count). The first-order valence-corrected chi connectivity index (χ1v) is 9.04. The van der Waals surface area contributed by atoms with Gasteiger partial charge in [0.2, 0.25) is 0 Å². The van der Waals surface area contributed by atoms with E-state index in [1.807, 2.05) is 0 Å². The second-order valence-corrected chi connectivity index (χ2v) is 6.21. The van der Waals surface area contributed by atoms with Gasteiger partial charge in [-0.3, -0.25) is 0 Å². The molecule has 0 spiro atoms. The van der Waals surface area contributed by atoms with Gasteiger partial charge < -0.3 is 14.4 Å². The van der Waals surface area contributed by atoms with Crippen molar-refractivity contribution in [2.75, 3.05) is 14.2 Å². The number of carbonyl (C=O) groups excluding carboxylic acids is 1. The average molecular weight is 427 g/mol. The summed E-state index contributed by atoms with van der Waals surface area (Å²) in [5.74, 6) is -0.641. The maximum Gasteiger partial charge on any atom is 0.360 e. The van der Waals surface area contributed by atoms with E-state index in [9.17, 15) is 4.79 Å². The Kier molecular flexibility index (Phi) is 8.54. The van der Waals surface area contributed by atoms with Crippen molar-refractivity contribution in [1.29, 1.82) is 0 Å². The minimum atomic E-state index is -0.641. The lowest BCUT2D eigenvalue weighted by Gasteiger charge is -2.10. The van der Waals surface area contributed by atoms with Gasteiger partial charge in [0, 0.05) is 21.7 Å². The van der Waals surface area contributed by atoms with Gasteiger partial charge in [-0.1, -0.05) is 58.3 Å². The molecular weight excluding hydrogens is 408 g/mol. The smallest absolute Gasteiger partial charge is 0.360 e. The number of hydrogen-bond donors (Lipinski definition) is 0. The molecule has 154 valence electrons. The fraction of sp³-hybridized carbons (Fsp3) is 0.190. The van der Waals surface area contributed by atoms with Crippen LogP contribution in [0.15, 0.2) is 63.9 Å². The molecule has 9 heteroatoms. The summed E-state index contributed by atoms with van der Waals surface area (Å²) in [5.41, 5.74) is 2.60. The lowest BCUT2D eigenvalue weighted by Crippen LogP contribution is -2.19. The van der Waals surface area contributed by atoms with Crippen LogP contribution < -0.4 is 0 Å². The molecule has 0 aliphatic heterocycles.